The number of benzene rings is 1. The highest BCUT2D eigenvalue weighted by Gasteiger charge is 2.33. The molecule has 150 valence electrons. The van der Waals surface area contributed by atoms with Crippen LogP contribution in [0.3, 0.4) is 0 Å². The first kappa shape index (κ1) is 17.9. The summed E-state index contributed by atoms with van der Waals surface area (Å²) in [6.07, 6.45) is 8.35. The molecule has 1 aromatic carbocycles. The second kappa shape index (κ2) is 7.36. The quantitative estimate of drug-likeness (QED) is 0.528. The van der Waals surface area contributed by atoms with Gasteiger partial charge in [0.2, 0.25) is 0 Å². The van der Waals surface area contributed by atoms with E-state index in [4.69, 9.17) is 5.73 Å². The van der Waals surface area contributed by atoms with E-state index in [1.807, 2.05) is 24.3 Å². The number of aromatic nitrogens is 4. The number of rotatable bonds is 5. The Bertz CT molecular complexity index is 989. The molecule has 0 radical (unpaired) electrons. The molecule has 0 spiro atoms. The molecule has 3 aromatic rings. The first-order valence-electron chi connectivity index (χ1n) is 10.1. The van der Waals surface area contributed by atoms with Crippen molar-refractivity contribution < 1.29 is 5.11 Å². The van der Waals surface area contributed by atoms with Crippen molar-refractivity contribution >= 4 is 11.5 Å². The van der Waals surface area contributed by atoms with Gasteiger partial charge < -0.3 is 21.5 Å². The molecule has 2 atom stereocenters. The highest BCUT2D eigenvalue weighted by molar-refractivity contribution is 5.69. The van der Waals surface area contributed by atoms with Gasteiger partial charge in [-0.3, -0.25) is 0 Å². The van der Waals surface area contributed by atoms with Crippen molar-refractivity contribution in [3.05, 3.63) is 42.7 Å². The van der Waals surface area contributed by atoms with Crippen LogP contribution in [0.15, 0.2) is 42.7 Å². The molecule has 4 heterocycles. The number of nitrogen functional groups attached to an aromatic ring is 1. The molecule has 2 aromatic heterocycles. The van der Waals surface area contributed by atoms with E-state index in [-0.39, 0.29) is 5.75 Å². The van der Waals surface area contributed by atoms with Crippen LogP contribution in [0.1, 0.15) is 25.7 Å². The predicted octanol–water partition coefficient (Wildman–Crippen LogP) is 2.56. The third-order valence-electron chi connectivity index (χ3n) is 5.93. The van der Waals surface area contributed by atoms with Crippen LogP contribution in [0.2, 0.25) is 0 Å². The zero-order chi connectivity index (χ0) is 19.8. The van der Waals surface area contributed by atoms with Gasteiger partial charge in [0.15, 0.2) is 0 Å². The lowest BCUT2D eigenvalue weighted by molar-refractivity contribution is 0.311. The Morgan fingerprint density at radius 3 is 2.62 bits per heavy atom. The van der Waals surface area contributed by atoms with E-state index in [0.29, 0.717) is 34.9 Å². The number of aromatic hydroxyl groups is 1. The van der Waals surface area contributed by atoms with Crippen molar-refractivity contribution in [3.8, 4) is 22.7 Å². The third kappa shape index (κ3) is 3.75. The maximum absolute atomic E-state index is 10.4. The summed E-state index contributed by atoms with van der Waals surface area (Å²) in [5.74, 6) is 1.57. The molecule has 29 heavy (non-hydrogen) atoms. The van der Waals surface area contributed by atoms with Gasteiger partial charge in [0.1, 0.15) is 11.6 Å². The number of fused-ring (bicyclic) bond motifs is 2. The van der Waals surface area contributed by atoms with Crippen molar-refractivity contribution in [2.75, 3.05) is 17.6 Å². The van der Waals surface area contributed by atoms with Crippen LogP contribution in [0.25, 0.3) is 16.9 Å². The van der Waals surface area contributed by atoms with Gasteiger partial charge in [0.05, 0.1) is 29.5 Å². The van der Waals surface area contributed by atoms with E-state index in [9.17, 15) is 5.11 Å². The second-order valence-corrected chi connectivity index (χ2v) is 8.08. The Hall–Kier alpha value is -3.13. The fourth-order valence-corrected chi connectivity index (χ4v) is 4.52. The van der Waals surface area contributed by atoms with Crippen LogP contribution in [-0.2, 0) is 0 Å². The first-order valence-corrected chi connectivity index (χ1v) is 10.1. The van der Waals surface area contributed by atoms with Crippen molar-refractivity contribution in [2.45, 2.75) is 37.8 Å². The second-order valence-electron chi connectivity index (χ2n) is 8.08. The van der Waals surface area contributed by atoms with Gasteiger partial charge >= 0.3 is 0 Å². The molecule has 2 unspecified atom stereocenters. The number of nitrogens with two attached hydrogens (primary N) is 1. The molecule has 2 bridgehead atoms. The molecule has 8 nitrogen and oxygen atoms in total. The number of hydrogen-bond donors (Lipinski definition) is 4. The maximum Gasteiger partial charge on any atom is 0.148 e. The van der Waals surface area contributed by atoms with Crippen LogP contribution >= 0.6 is 0 Å². The largest absolute Gasteiger partial charge is 0.507 e. The maximum atomic E-state index is 10.4. The first-order chi connectivity index (χ1) is 14.1. The minimum absolute atomic E-state index is 0.122. The van der Waals surface area contributed by atoms with Crippen LogP contribution in [0.5, 0.6) is 5.75 Å². The van der Waals surface area contributed by atoms with Crippen molar-refractivity contribution in [3.63, 3.8) is 0 Å². The fourth-order valence-electron chi connectivity index (χ4n) is 4.52. The summed E-state index contributed by atoms with van der Waals surface area (Å²) in [4.78, 5) is 0. The van der Waals surface area contributed by atoms with Crippen LogP contribution < -0.4 is 16.4 Å². The van der Waals surface area contributed by atoms with Gasteiger partial charge in [-0.1, -0.05) is 0 Å². The van der Waals surface area contributed by atoms with E-state index in [1.165, 1.54) is 25.7 Å². The Morgan fingerprint density at radius 1 is 1.14 bits per heavy atom. The number of nitrogens with one attached hydrogen (secondary N) is 2. The molecule has 0 aliphatic carbocycles. The average molecular weight is 391 g/mol. The topological polar surface area (TPSA) is 114 Å². The number of piperidine rings is 1. The monoisotopic (exact) mass is 391 g/mol. The van der Waals surface area contributed by atoms with Crippen molar-refractivity contribution in [2.24, 2.45) is 5.92 Å². The number of anilines is 2. The van der Waals surface area contributed by atoms with Gasteiger partial charge in [-0.25, -0.2) is 4.68 Å². The molecule has 2 aliphatic rings. The Labute approximate surface area is 169 Å². The summed E-state index contributed by atoms with van der Waals surface area (Å²) < 4.78 is 1.62. The summed E-state index contributed by atoms with van der Waals surface area (Å²) in [7, 11) is 0. The zero-order valence-corrected chi connectivity index (χ0v) is 16.1. The number of phenolic OH excluding ortho intramolecular Hbond substituents is 1. The van der Waals surface area contributed by atoms with Gasteiger partial charge in [-0.2, -0.15) is 5.10 Å². The third-order valence-corrected chi connectivity index (χ3v) is 5.93. The molecule has 5 N–H and O–H groups in total. The van der Waals surface area contributed by atoms with Gasteiger partial charge in [-0.05, 0) is 55.9 Å². The van der Waals surface area contributed by atoms with E-state index < -0.39 is 0 Å². The van der Waals surface area contributed by atoms with E-state index in [2.05, 4.69) is 25.9 Å². The number of phenols is 1. The van der Waals surface area contributed by atoms with Gasteiger partial charge in [-0.15, -0.1) is 10.2 Å². The summed E-state index contributed by atoms with van der Waals surface area (Å²) in [5.41, 5.74) is 8.25. The minimum Gasteiger partial charge on any atom is -0.507 e. The lowest BCUT2D eigenvalue weighted by atomic mass is 9.92. The lowest BCUT2D eigenvalue weighted by Crippen LogP contribution is -2.40. The molecule has 2 fully saturated rings. The predicted molar refractivity (Wildman–Crippen MR) is 112 cm³/mol. The lowest BCUT2D eigenvalue weighted by Gasteiger charge is -2.29. The van der Waals surface area contributed by atoms with Crippen LogP contribution in [-0.4, -0.2) is 43.7 Å². The standard InChI is InChI=1S/C21H25N7O/c22-14-11-24-28(12-14)17-3-4-18(20(29)9-17)19-5-6-21(27-26-19)23-10-13-7-15-1-2-16(8-13)25-15/h3-6,9,11-13,15-16,25,29H,1-2,7-8,10,22H2,(H,23,27). The van der Waals surface area contributed by atoms with E-state index in [1.54, 1.807) is 23.1 Å². The van der Waals surface area contributed by atoms with Gasteiger partial charge in [0.25, 0.3) is 0 Å². The Morgan fingerprint density at radius 2 is 1.97 bits per heavy atom. The van der Waals surface area contributed by atoms with Crippen LogP contribution in [0, 0.1) is 5.92 Å². The summed E-state index contributed by atoms with van der Waals surface area (Å²) in [6, 6.07) is 10.5. The molecule has 8 heteroatoms. The molecule has 2 saturated heterocycles. The Balaban J connectivity index is 1.25. The van der Waals surface area contributed by atoms with E-state index >= 15 is 0 Å². The Kier molecular flexibility index (Phi) is 4.55. The number of nitrogens with zero attached hydrogens (tertiary/aromatic N) is 4. The fraction of sp³-hybridized carbons (Fsp3) is 0.381. The average Bonchev–Trinajstić information content (AvgIpc) is 3.31. The zero-order valence-electron chi connectivity index (χ0n) is 16.1. The van der Waals surface area contributed by atoms with Crippen LogP contribution in [0.4, 0.5) is 11.5 Å². The number of hydrogen-bond acceptors (Lipinski definition) is 7. The van der Waals surface area contributed by atoms with Crippen molar-refractivity contribution in [1.29, 1.82) is 0 Å². The van der Waals surface area contributed by atoms with Crippen molar-refractivity contribution in [1.82, 2.24) is 25.3 Å². The summed E-state index contributed by atoms with van der Waals surface area (Å²) in [5, 5.41) is 30.3. The molecule has 0 amide bonds. The highest BCUT2D eigenvalue weighted by atomic mass is 16.3. The smallest absolute Gasteiger partial charge is 0.148 e. The molecule has 0 saturated carbocycles. The molecule has 2 aliphatic heterocycles. The highest BCUT2D eigenvalue weighted by Crippen LogP contribution is 2.32. The van der Waals surface area contributed by atoms with Gasteiger partial charge in [0, 0.05) is 30.3 Å². The molecule has 5 rings (SSSR count). The molecular weight excluding hydrogens is 366 g/mol. The minimum atomic E-state index is 0.122. The molecular formula is C21H25N7O. The summed E-state index contributed by atoms with van der Waals surface area (Å²) >= 11 is 0. The SMILES string of the molecule is Nc1cnn(-c2ccc(-c3ccc(NCC4CC5CCC(C4)N5)nn3)c(O)c2)c1. The summed E-state index contributed by atoms with van der Waals surface area (Å²) in [6.45, 7) is 0.926. The van der Waals surface area contributed by atoms with E-state index in [0.717, 1.165) is 18.1 Å². The normalized spacial score (nSPS) is 23.2.